The van der Waals surface area contributed by atoms with Crippen molar-refractivity contribution in [3.05, 3.63) is 12.2 Å². The Labute approximate surface area is 85.7 Å². The molecule has 0 aromatic heterocycles. The molecule has 3 nitrogen and oxygen atoms in total. The highest BCUT2D eigenvalue weighted by molar-refractivity contribution is 5.04. The summed E-state index contributed by atoms with van der Waals surface area (Å²) >= 11 is 0. The van der Waals surface area contributed by atoms with E-state index in [4.69, 9.17) is 9.47 Å². The summed E-state index contributed by atoms with van der Waals surface area (Å²) in [4.78, 5) is 0. The summed E-state index contributed by atoms with van der Waals surface area (Å²) in [5, 5.41) is 9.56. The van der Waals surface area contributed by atoms with Crippen LogP contribution in [0, 0.1) is 0 Å². The highest BCUT2D eigenvalue weighted by Gasteiger charge is 2.33. The van der Waals surface area contributed by atoms with E-state index >= 15 is 0 Å². The van der Waals surface area contributed by atoms with Crippen LogP contribution in [0.1, 0.15) is 33.6 Å². The quantitative estimate of drug-likeness (QED) is 0.704. The van der Waals surface area contributed by atoms with Crippen molar-refractivity contribution < 1.29 is 14.6 Å². The van der Waals surface area contributed by atoms with Crippen LogP contribution >= 0.6 is 0 Å². The molecular weight excluding hydrogens is 180 g/mol. The van der Waals surface area contributed by atoms with E-state index in [-0.39, 0.29) is 0 Å². The van der Waals surface area contributed by atoms with Crippen LogP contribution in [0.15, 0.2) is 12.2 Å². The Bertz CT molecular complexity index is 197. The lowest BCUT2D eigenvalue weighted by atomic mass is 10.0. The summed E-state index contributed by atoms with van der Waals surface area (Å²) in [6.07, 6.45) is 5.40. The molecule has 0 bridgehead atoms. The van der Waals surface area contributed by atoms with Gasteiger partial charge in [0.05, 0.1) is 18.8 Å². The molecule has 0 radical (unpaired) electrons. The van der Waals surface area contributed by atoms with Gasteiger partial charge in [-0.15, -0.1) is 0 Å². The Balaban J connectivity index is 2.64. The fourth-order valence-electron chi connectivity index (χ4n) is 1.47. The van der Waals surface area contributed by atoms with Crippen LogP contribution < -0.4 is 0 Å². The first-order valence-electron chi connectivity index (χ1n) is 5.18. The molecule has 1 heterocycles. The zero-order chi connectivity index (χ0) is 10.7. The van der Waals surface area contributed by atoms with Crippen molar-refractivity contribution in [2.24, 2.45) is 0 Å². The SMILES string of the molecule is CCCC1(/C=C/C(C)(C)O)OCCO1. The second-order valence-electron chi connectivity index (χ2n) is 4.25. The minimum absolute atomic E-state index is 0.589. The summed E-state index contributed by atoms with van der Waals surface area (Å²) in [7, 11) is 0. The Morgan fingerprint density at radius 3 is 2.36 bits per heavy atom. The van der Waals surface area contributed by atoms with Gasteiger partial charge in [-0.1, -0.05) is 19.4 Å². The third-order valence-corrected chi connectivity index (χ3v) is 2.12. The molecule has 1 aliphatic rings. The van der Waals surface area contributed by atoms with Crippen molar-refractivity contribution in [3.8, 4) is 0 Å². The van der Waals surface area contributed by atoms with Crippen LogP contribution in [0.3, 0.4) is 0 Å². The average molecular weight is 200 g/mol. The lowest BCUT2D eigenvalue weighted by molar-refractivity contribution is -0.122. The van der Waals surface area contributed by atoms with Gasteiger partial charge in [0.2, 0.25) is 0 Å². The zero-order valence-electron chi connectivity index (χ0n) is 9.25. The van der Waals surface area contributed by atoms with Crippen molar-refractivity contribution >= 4 is 0 Å². The molecule has 0 spiro atoms. The van der Waals surface area contributed by atoms with Gasteiger partial charge in [0.15, 0.2) is 5.79 Å². The maximum Gasteiger partial charge on any atom is 0.188 e. The Kier molecular flexibility index (Phi) is 3.70. The Morgan fingerprint density at radius 2 is 1.93 bits per heavy atom. The molecule has 1 saturated heterocycles. The lowest BCUT2D eigenvalue weighted by Gasteiger charge is -2.24. The van der Waals surface area contributed by atoms with Crippen molar-refractivity contribution in [3.63, 3.8) is 0 Å². The number of ether oxygens (including phenoxy) is 2. The van der Waals surface area contributed by atoms with Gasteiger partial charge < -0.3 is 14.6 Å². The van der Waals surface area contributed by atoms with Crippen LogP contribution in [0.25, 0.3) is 0 Å². The smallest absolute Gasteiger partial charge is 0.188 e. The van der Waals surface area contributed by atoms with E-state index in [1.54, 1.807) is 19.9 Å². The van der Waals surface area contributed by atoms with Gasteiger partial charge in [-0.05, 0) is 19.9 Å². The fourth-order valence-corrected chi connectivity index (χ4v) is 1.47. The summed E-state index contributed by atoms with van der Waals surface area (Å²) in [5.41, 5.74) is -0.809. The normalized spacial score (nSPS) is 22.0. The van der Waals surface area contributed by atoms with E-state index in [1.807, 2.05) is 6.08 Å². The maximum absolute atomic E-state index is 9.56. The number of hydrogen-bond donors (Lipinski definition) is 1. The van der Waals surface area contributed by atoms with E-state index in [0.717, 1.165) is 12.8 Å². The van der Waals surface area contributed by atoms with Gasteiger partial charge in [-0.3, -0.25) is 0 Å². The zero-order valence-corrected chi connectivity index (χ0v) is 9.25. The van der Waals surface area contributed by atoms with Crippen molar-refractivity contribution in [1.82, 2.24) is 0 Å². The summed E-state index contributed by atoms with van der Waals surface area (Å²) in [6.45, 7) is 6.83. The number of hydrogen-bond acceptors (Lipinski definition) is 3. The molecule has 0 aliphatic carbocycles. The van der Waals surface area contributed by atoms with Crippen LogP contribution in [0.4, 0.5) is 0 Å². The van der Waals surface area contributed by atoms with Gasteiger partial charge >= 0.3 is 0 Å². The number of rotatable bonds is 4. The van der Waals surface area contributed by atoms with Gasteiger partial charge in [0.1, 0.15) is 0 Å². The Morgan fingerprint density at radius 1 is 1.36 bits per heavy atom. The van der Waals surface area contributed by atoms with E-state index in [9.17, 15) is 5.11 Å². The molecule has 3 heteroatoms. The largest absolute Gasteiger partial charge is 0.386 e. The minimum Gasteiger partial charge on any atom is -0.386 e. The molecular formula is C11H20O3. The second-order valence-corrected chi connectivity index (χ2v) is 4.25. The van der Waals surface area contributed by atoms with E-state index in [2.05, 4.69) is 6.92 Å². The van der Waals surface area contributed by atoms with E-state index in [0.29, 0.717) is 13.2 Å². The lowest BCUT2D eigenvalue weighted by Crippen LogP contribution is -2.28. The predicted molar refractivity (Wildman–Crippen MR) is 55.0 cm³/mol. The fraction of sp³-hybridized carbons (Fsp3) is 0.818. The third kappa shape index (κ3) is 3.40. The van der Waals surface area contributed by atoms with Crippen LogP contribution in [-0.4, -0.2) is 29.7 Å². The molecule has 0 aromatic carbocycles. The molecule has 1 rings (SSSR count). The topological polar surface area (TPSA) is 38.7 Å². The molecule has 0 aromatic rings. The van der Waals surface area contributed by atoms with Crippen molar-refractivity contribution in [2.75, 3.05) is 13.2 Å². The molecule has 1 N–H and O–H groups in total. The highest BCUT2D eigenvalue weighted by Crippen LogP contribution is 2.27. The molecule has 82 valence electrons. The van der Waals surface area contributed by atoms with Gasteiger partial charge in [0, 0.05) is 6.42 Å². The molecule has 0 saturated carbocycles. The highest BCUT2D eigenvalue weighted by atomic mass is 16.7. The molecule has 0 amide bonds. The second kappa shape index (κ2) is 4.43. The van der Waals surface area contributed by atoms with Gasteiger partial charge in [-0.25, -0.2) is 0 Å². The van der Waals surface area contributed by atoms with Crippen LogP contribution in [0.5, 0.6) is 0 Å². The van der Waals surface area contributed by atoms with Crippen LogP contribution in [0.2, 0.25) is 0 Å². The first-order valence-corrected chi connectivity index (χ1v) is 5.18. The number of aliphatic hydroxyl groups is 1. The average Bonchev–Trinajstić information content (AvgIpc) is 2.50. The van der Waals surface area contributed by atoms with Crippen molar-refractivity contribution in [1.29, 1.82) is 0 Å². The van der Waals surface area contributed by atoms with E-state index in [1.165, 1.54) is 0 Å². The molecule has 1 aliphatic heterocycles. The summed E-state index contributed by atoms with van der Waals surface area (Å²) < 4.78 is 11.1. The predicted octanol–water partition coefficient (Wildman–Crippen LogP) is 1.86. The first-order chi connectivity index (χ1) is 6.47. The van der Waals surface area contributed by atoms with E-state index < -0.39 is 11.4 Å². The first kappa shape index (κ1) is 11.7. The third-order valence-electron chi connectivity index (χ3n) is 2.12. The van der Waals surface area contributed by atoms with Gasteiger partial charge in [0.25, 0.3) is 0 Å². The van der Waals surface area contributed by atoms with Crippen LogP contribution in [-0.2, 0) is 9.47 Å². The molecule has 14 heavy (non-hydrogen) atoms. The summed E-state index contributed by atoms with van der Waals surface area (Å²) in [5.74, 6) is -0.589. The maximum atomic E-state index is 9.56. The molecule has 1 fully saturated rings. The standard InChI is InChI=1S/C11H20O3/c1-4-5-11(13-8-9-14-11)7-6-10(2,3)12/h6-7,12H,4-5,8-9H2,1-3H3/b7-6+. The summed E-state index contributed by atoms with van der Waals surface area (Å²) in [6, 6.07) is 0. The van der Waals surface area contributed by atoms with Crippen molar-refractivity contribution in [2.45, 2.75) is 45.0 Å². The molecule has 0 unspecified atom stereocenters. The minimum atomic E-state index is -0.809. The Hall–Kier alpha value is -0.380. The van der Waals surface area contributed by atoms with Gasteiger partial charge in [-0.2, -0.15) is 0 Å². The monoisotopic (exact) mass is 200 g/mol. The molecule has 0 atom stereocenters.